The number of ether oxygens (including phenoxy) is 3. The summed E-state index contributed by atoms with van der Waals surface area (Å²) < 4.78 is 17.5. The van der Waals surface area contributed by atoms with Crippen molar-refractivity contribution in [2.24, 2.45) is 0 Å². The van der Waals surface area contributed by atoms with Gasteiger partial charge in [-0.15, -0.1) is 10.2 Å². The average Bonchev–Trinajstić information content (AvgIpc) is 3.08. The second kappa shape index (κ2) is 9.61. The van der Waals surface area contributed by atoms with Crippen LogP contribution in [0, 0.1) is 0 Å². The molecule has 0 saturated carbocycles. The predicted octanol–water partition coefficient (Wildman–Crippen LogP) is 2.07. The van der Waals surface area contributed by atoms with Gasteiger partial charge in [0.05, 0.1) is 39.5 Å². The lowest BCUT2D eigenvalue weighted by molar-refractivity contribution is 0.102. The molecule has 1 N–H and O–H groups in total. The molecule has 1 aliphatic heterocycles. The standard InChI is InChI=1S/C23H24N4O5/c1-30-16-5-3-15(4-6-16)14-27-19-10-12-32-11-9-17(19)18(13-22(27)28)23(29)24-20-7-8-21(31-2)26-25-20/h3-8,13H,9-12,14H2,1-2H3,(H,24,25,29). The number of amides is 1. The highest BCUT2D eigenvalue weighted by Crippen LogP contribution is 2.21. The van der Waals surface area contributed by atoms with Gasteiger partial charge in [0.2, 0.25) is 5.88 Å². The quantitative estimate of drug-likeness (QED) is 0.631. The molecule has 0 unspecified atom stereocenters. The molecule has 32 heavy (non-hydrogen) atoms. The van der Waals surface area contributed by atoms with Crippen LogP contribution in [0.4, 0.5) is 5.82 Å². The van der Waals surface area contributed by atoms with Crippen LogP contribution in [-0.2, 0) is 24.1 Å². The van der Waals surface area contributed by atoms with E-state index in [1.807, 2.05) is 24.3 Å². The Balaban J connectivity index is 1.68. The molecular weight excluding hydrogens is 412 g/mol. The lowest BCUT2D eigenvalue weighted by Gasteiger charge is -2.18. The molecule has 0 bridgehead atoms. The van der Waals surface area contributed by atoms with E-state index in [-0.39, 0.29) is 11.4 Å². The van der Waals surface area contributed by atoms with Crippen molar-refractivity contribution >= 4 is 11.7 Å². The molecule has 0 radical (unpaired) electrons. The molecule has 2 aromatic heterocycles. The van der Waals surface area contributed by atoms with Gasteiger partial charge in [0.15, 0.2) is 5.82 Å². The first-order valence-corrected chi connectivity index (χ1v) is 10.2. The summed E-state index contributed by atoms with van der Waals surface area (Å²) in [6, 6.07) is 12.2. The predicted molar refractivity (Wildman–Crippen MR) is 118 cm³/mol. The molecule has 0 fully saturated rings. The minimum atomic E-state index is -0.406. The zero-order valence-corrected chi connectivity index (χ0v) is 18.0. The molecule has 0 aliphatic carbocycles. The second-order valence-electron chi connectivity index (χ2n) is 7.28. The number of carbonyl (C=O) groups excluding carboxylic acids is 1. The van der Waals surface area contributed by atoms with Gasteiger partial charge >= 0.3 is 0 Å². The first-order valence-electron chi connectivity index (χ1n) is 10.2. The van der Waals surface area contributed by atoms with Crippen LogP contribution in [0.5, 0.6) is 11.6 Å². The Bertz CT molecular complexity index is 1160. The molecule has 3 aromatic rings. The molecule has 0 atom stereocenters. The topological polar surface area (TPSA) is 105 Å². The SMILES string of the molecule is COc1ccc(Cn2c3c(c(C(=O)Nc4ccc(OC)nn4)cc2=O)CCOCC3)cc1. The van der Waals surface area contributed by atoms with Crippen molar-refractivity contribution in [1.82, 2.24) is 14.8 Å². The fourth-order valence-corrected chi connectivity index (χ4v) is 3.72. The minimum Gasteiger partial charge on any atom is -0.497 e. The molecule has 3 heterocycles. The second-order valence-corrected chi connectivity index (χ2v) is 7.28. The van der Waals surface area contributed by atoms with Gasteiger partial charge in [0.25, 0.3) is 11.5 Å². The van der Waals surface area contributed by atoms with Crippen molar-refractivity contribution < 1.29 is 19.0 Å². The molecule has 1 aliphatic rings. The maximum Gasteiger partial charge on any atom is 0.257 e. The lowest BCUT2D eigenvalue weighted by Crippen LogP contribution is -2.29. The summed E-state index contributed by atoms with van der Waals surface area (Å²) in [5, 5.41) is 10.5. The summed E-state index contributed by atoms with van der Waals surface area (Å²) in [5.41, 5.74) is 2.68. The first-order chi connectivity index (χ1) is 15.6. The van der Waals surface area contributed by atoms with Crippen LogP contribution in [-0.4, -0.2) is 48.1 Å². The van der Waals surface area contributed by atoms with Crippen LogP contribution in [0.15, 0.2) is 47.3 Å². The fraction of sp³-hybridized carbons (Fsp3) is 0.304. The van der Waals surface area contributed by atoms with Crippen LogP contribution in [0.2, 0.25) is 0 Å². The van der Waals surface area contributed by atoms with Crippen molar-refractivity contribution in [3.8, 4) is 11.6 Å². The Morgan fingerprint density at radius 3 is 2.53 bits per heavy atom. The van der Waals surface area contributed by atoms with E-state index in [1.54, 1.807) is 23.8 Å². The van der Waals surface area contributed by atoms with Gasteiger partial charge in [-0.05, 0) is 35.7 Å². The van der Waals surface area contributed by atoms with E-state index in [2.05, 4.69) is 15.5 Å². The molecule has 1 aromatic carbocycles. The number of fused-ring (bicyclic) bond motifs is 1. The van der Waals surface area contributed by atoms with Gasteiger partial charge in [0.1, 0.15) is 5.75 Å². The van der Waals surface area contributed by atoms with E-state index >= 15 is 0 Å². The summed E-state index contributed by atoms with van der Waals surface area (Å²) in [6.45, 7) is 1.37. The van der Waals surface area contributed by atoms with Crippen LogP contribution >= 0.6 is 0 Å². The van der Waals surface area contributed by atoms with Gasteiger partial charge in [0, 0.05) is 24.2 Å². The minimum absolute atomic E-state index is 0.243. The highest BCUT2D eigenvalue weighted by Gasteiger charge is 2.22. The number of pyridine rings is 1. The summed E-state index contributed by atoms with van der Waals surface area (Å²) >= 11 is 0. The van der Waals surface area contributed by atoms with E-state index < -0.39 is 5.91 Å². The normalized spacial score (nSPS) is 13.1. The number of rotatable bonds is 6. The molecule has 4 rings (SSSR count). The Labute approximate surface area is 185 Å². The zero-order valence-electron chi connectivity index (χ0n) is 18.0. The van der Waals surface area contributed by atoms with Crippen molar-refractivity contribution in [3.63, 3.8) is 0 Å². The third-order valence-corrected chi connectivity index (χ3v) is 5.35. The van der Waals surface area contributed by atoms with Crippen LogP contribution in [0.25, 0.3) is 0 Å². The highest BCUT2D eigenvalue weighted by atomic mass is 16.5. The maximum absolute atomic E-state index is 13.1. The van der Waals surface area contributed by atoms with E-state index in [0.29, 0.717) is 44.0 Å². The van der Waals surface area contributed by atoms with Crippen LogP contribution in [0.1, 0.15) is 27.2 Å². The van der Waals surface area contributed by atoms with E-state index in [1.165, 1.54) is 13.2 Å². The van der Waals surface area contributed by atoms with E-state index in [4.69, 9.17) is 14.2 Å². The number of nitrogens with zero attached hydrogens (tertiary/aromatic N) is 3. The summed E-state index contributed by atoms with van der Waals surface area (Å²) in [5.74, 6) is 0.963. The van der Waals surface area contributed by atoms with Crippen molar-refractivity contribution in [2.75, 3.05) is 32.8 Å². The summed E-state index contributed by atoms with van der Waals surface area (Å²) in [7, 11) is 3.10. The number of carbonyl (C=O) groups is 1. The molecule has 0 saturated heterocycles. The number of hydrogen-bond acceptors (Lipinski definition) is 7. The molecule has 9 heteroatoms. The number of aromatic nitrogens is 3. The largest absolute Gasteiger partial charge is 0.497 e. The Morgan fingerprint density at radius 1 is 1.06 bits per heavy atom. The smallest absolute Gasteiger partial charge is 0.257 e. The highest BCUT2D eigenvalue weighted by molar-refractivity contribution is 6.04. The fourth-order valence-electron chi connectivity index (χ4n) is 3.72. The van der Waals surface area contributed by atoms with Crippen molar-refractivity contribution in [2.45, 2.75) is 19.4 Å². The Morgan fingerprint density at radius 2 is 1.84 bits per heavy atom. The lowest BCUT2D eigenvalue weighted by atomic mass is 10.0. The third kappa shape index (κ3) is 4.62. The molecular formula is C23H24N4O5. The number of hydrogen-bond donors (Lipinski definition) is 1. The number of nitrogens with one attached hydrogen (secondary N) is 1. The third-order valence-electron chi connectivity index (χ3n) is 5.35. The van der Waals surface area contributed by atoms with Gasteiger partial charge < -0.3 is 24.1 Å². The molecule has 9 nitrogen and oxygen atoms in total. The van der Waals surface area contributed by atoms with Gasteiger partial charge in [-0.25, -0.2) is 0 Å². The van der Waals surface area contributed by atoms with Gasteiger partial charge in [-0.2, -0.15) is 0 Å². The molecule has 1 amide bonds. The number of benzene rings is 1. The Hall–Kier alpha value is -3.72. The zero-order chi connectivity index (χ0) is 22.5. The maximum atomic E-state index is 13.1. The van der Waals surface area contributed by atoms with Crippen molar-refractivity contribution in [3.05, 3.63) is 75.2 Å². The summed E-state index contributed by atoms with van der Waals surface area (Å²) in [4.78, 5) is 26.1. The first kappa shape index (κ1) is 21.5. The van der Waals surface area contributed by atoms with E-state index in [0.717, 1.165) is 22.6 Å². The number of anilines is 1. The average molecular weight is 436 g/mol. The van der Waals surface area contributed by atoms with Crippen LogP contribution in [0.3, 0.4) is 0 Å². The van der Waals surface area contributed by atoms with Gasteiger partial charge in [-0.3, -0.25) is 9.59 Å². The molecule has 166 valence electrons. The van der Waals surface area contributed by atoms with Crippen LogP contribution < -0.4 is 20.3 Å². The number of methoxy groups -OCH3 is 2. The molecule has 0 spiro atoms. The summed E-state index contributed by atoms with van der Waals surface area (Å²) in [6.07, 6.45) is 1.08. The monoisotopic (exact) mass is 436 g/mol. The van der Waals surface area contributed by atoms with Crippen molar-refractivity contribution in [1.29, 1.82) is 0 Å². The van der Waals surface area contributed by atoms with E-state index in [9.17, 15) is 9.59 Å². The van der Waals surface area contributed by atoms with Gasteiger partial charge in [-0.1, -0.05) is 12.1 Å². The Kier molecular flexibility index (Phi) is 6.46.